The first-order chi connectivity index (χ1) is 10.1. The number of nitrogens with zero attached hydrogens (tertiary/aromatic N) is 1. The molecule has 0 bridgehead atoms. The Labute approximate surface area is 124 Å². The summed E-state index contributed by atoms with van der Waals surface area (Å²) in [6, 6.07) is 7.60. The van der Waals surface area contributed by atoms with Crippen molar-refractivity contribution >= 4 is 22.5 Å². The summed E-state index contributed by atoms with van der Waals surface area (Å²) in [7, 11) is 0. The first-order valence-electron chi connectivity index (χ1n) is 7.26. The largest absolute Gasteiger partial charge is 0.352 e. The van der Waals surface area contributed by atoms with Crippen LogP contribution in [0.25, 0.3) is 10.8 Å². The molecular formula is C16H22N4O. The van der Waals surface area contributed by atoms with E-state index in [0.717, 1.165) is 23.6 Å². The average molecular weight is 286 g/mol. The molecule has 0 aliphatic carbocycles. The molecule has 0 aliphatic heterocycles. The number of fused-ring (bicyclic) bond motifs is 1. The van der Waals surface area contributed by atoms with Gasteiger partial charge >= 0.3 is 0 Å². The Kier molecular flexibility index (Phi) is 5.11. The highest BCUT2D eigenvalue weighted by atomic mass is 16.1. The standard InChI is InChI=1S/C16H22N4O/c1-11(2)6-5-9-18-16(21)14-10-19-15(20-17)13-8-4-3-7-12(13)14/h3-4,7-8,10-11H,5-6,9,17H2,1-2H3,(H,18,21)(H,19,20). The molecule has 0 atom stereocenters. The Bertz CT molecular complexity index is 625. The highest BCUT2D eigenvalue weighted by Gasteiger charge is 2.12. The molecule has 112 valence electrons. The Hall–Kier alpha value is -2.14. The quantitative estimate of drug-likeness (QED) is 0.433. The molecule has 1 aromatic heterocycles. The summed E-state index contributed by atoms with van der Waals surface area (Å²) in [5.41, 5.74) is 3.14. The molecule has 0 aliphatic rings. The summed E-state index contributed by atoms with van der Waals surface area (Å²) in [4.78, 5) is 16.5. The molecule has 0 fully saturated rings. The van der Waals surface area contributed by atoms with Gasteiger partial charge in [0.15, 0.2) is 0 Å². The van der Waals surface area contributed by atoms with Crippen molar-refractivity contribution in [3.8, 4) is 0 Å². The molecule has 1 heterocycles. The number of pyridine rings is 1. The van der Waals surface area contributed by atoms with Crippen molar-refractivity contribution in [3.05, 3.63) is 36.0 Å². The van der Waals surface area contributed by atoms with Gasteiger partial charge in [-0.25, -0.2) is 10.8 Å². The van der Waals surface area contributed by atoms with Crippen LogP contribution in [0.15, 0.2) is 30.5 Å². The lowest BCUT2D eigenvalue weighted by atomic mass is 10.1. The van der Waals surface area contributed by atoms with Gasteiger partial charge in [0.2, 0.25) is 0 Å². The van der Waals surface area contributed by atoms with Crippen molar-refractivity contribution in [3.63, 3.8) is 0 Å². The van der Waals surface area contributed by atoms with Gasteiger partial charge in [-0.05, 0) is 24.1 Å². The van der Waals surface area contributed by atoms with Crippen molar-refractivity contribution in [2.75, 3.05) is 12.0 Å². The normalized spacial score (nSPS) is 10.9. The lowest BCUT2D eigenvalue weighted by molar-refractivity contribution is 0.0954. The summed E-state index contributed by atoms with van der Waals surface area (Å²) in [6.07, 6.45) is 3.65. The molecule has 0 unspecified atom stereocenters. The first-order valence-corrected chi connectivity index (χ1v) is 7.26. The van der Waals surface area contributed by atoms with Crippen LogP contribution >= 0.6 is 0 Å². The van der Waals surface area contributed by atoms with Crippen LogP contribution in [0.5, 0.6) is 0 Å². The third kappa shape index (κ3) is 3.70. The number of hydrogen-bond acceptors (Lipinski definition) is 4. The maximum Gasteiger partial charge on any atom is 0.253 e. The molecule has 21 heavy (non-hydrogen) atoms. The maximum atomic E-state index is 12.3. The van der Waals surface area contributed by atoms with Crippen LogP contribution in [0, 0.1) is 5.92 Å². The van der Waals surface area contributed by atoms with E-state index in [1.807, 2.05) is 24.3 Å². The molecule has 4 N–H and O–H groups in total. The number of aromatic nitrogens is 1. The number of carbonyl (C=O) groups excluding carboxylic acids is 1. The number of nitrogens with two attached hydrogens (primary N) is 1. The highest BCUT2D eigenvalue weighted by molar-refractivity contribution is 6.09. The van der Waals surface area contributed by atoms with E-state index >= 15 is 0 Å². The third-order valence-electron chi connectivity index (χ3n) is 3.42. The van der Waals surface area contributed by atoms with Gasteiger partial charge in [-0.2, -0.15) is 0 Å². The fraction of sp³-hybridized carbons (Fsp3) is 0.375. The van der Waals surface area contributed by atoms with Gasteiger partial charge in [-0.3, -0.25) is 4.79 Å². The molecule has 2 rings (SSSR count). The van der Waals surface area contributed by atoms with Gasteiger partial charge in [-0.15, -0.1) is 0 Å². The van der Waals surface area contributed by atoms with Gasteiger partial charge in [0.25, 0.3) is 5.91 Å². The second kappa shape index (κ2) is 7.04. The third-order valence-corrected chi connectivity index (χ3v) is 3.42. The lowest BCUT2D eigenvalue weighted by Crippen LogP contribution is -2.25. The topological polar surface area (TPSA) is 80.0 Å². The number of nitrogens with one attached hydrogen (secondary N) is 2. The van der Waals surface area contributed by atoms with Gasteiger partial charge in [0, 0.05) is 18.1 Å². The molecule has 0 radical (unpaired) electrons. The maximum absolute atomic E-state index is 12.3. The Morgan fingerprint density at radius 3 is 2.67 bits per heavy atom. The van der Waals surface area contributed by atoms with Gasteiger partial charge in [-0.1, -0.05) is 38.1 Å². The molecule has 1 aromatic carbocycles. The van der Waals surface area contributed by atoms with Crippen molar-refractivity contribution in [2.24, 2.45) is 11.8 Å². The number of rotatable bonds is 6. The second-order valence-corrected chi connectivity index (χ2v) is 5.50. The van der Waals surface area contributed by atoms with Crippen LogP contribution in [0.1, 0.15) is 37.0 Å². The SMILES string of the molecule is CC(C)CCCNC(=O)c1cnc(NN)c2ccccc12. The number of hydrogen-bond donors (Lipinski definition) is 3. The van der Waals surface area contributed by atoms with E-state index < -0.39 is 0 Å². The second-order valence-electron chi connectivity index (χ2n) is 5.50. The zero-order valence-electron chi connectivity index (χ0n) is 12.5. The number of amides is 1. The monoisotopic (exact) mass is 286 g/mol. The van der Waals surface area contributed by atoms with Gasteiger partial charge in [0.1, 0.15) is 5.82 Å². The number of benzene rings is 1. The van der Waals surface area contributed by atoms with Crippen molar-refractivity contribution in [2.45, 2.75) is 26.7 Å². The summed E-state index contributed by atoms with van der Waals surface area (Å²) < 4.78 is 0. The molecule has 0 spiro atoms. The summed E-state index contributed by atoms with van der Waals surface area (Å²) in [5, 5.41) is 4.64. The van der Waals surface area contributed by atoms with E-state index in [9.17, 15) is 4.79 Å². The minimum Gasteiger partial charge on any atom is -0.352 e. The molecule has 0 saturated heterocycles. The van der Waals surface area contributed by atoms with Crippen LogP contribution in [-0.4, -0.2) is 17.4 Å². The summed E-state index contributed by atoms with van der Waals surface area (Å²) >= 11 is 0. The zero-order valence-corrected chi connectivity index (χ0v) is 12.5. The molecular weight excluding hydrogens is 264 g/mol. The predicted molar refractivity (Wildman–Crippen MR) is 86.0 cm³/mol. The Morgan fingerprint density at radius 1 is 1.29 bits per heavy atom. The molecule has 5 nitrogen and oxygen atoms in total. The number of hydrazine groups is 1. The smallest absolute Gasteiger partial charge is 0.253 e. The van der Waals surface area contributed by atoms with E-state index in [-0.39, 0.29) is 5.91 Å². The van der Waals surface area contributed by atoms with E-state index in [1.54, 1.807) is 6.20 Å². The van der Waals surface area contributed by atoms with Crippen molar-refractivity contribution < 1.29 is 4.79 Å². The Morgan fingerprint density at radius 2 is 2.00 bits per heavy atom. The number of anilines is 1. The lowest BCUT2D eigenvalue weighted by Gasteiger charge is -2.11. The van der Waals surface area contributed by atoms with Crippen molar-refractivity contribution in [1.82, 2.24) is 10.3 Å². The van der Waals surface area contributed by atoms with Crippen LogP contribution < -0.4 is 16.6 Å². The Balaban J connectivity index is 2.16. The average Bonchev–Trinajstić information content (AvgIpc) is 2.50. The fourth-order valence-corrected chi connectivity index (χ4v) is 2.30. The number of nitrogen functional groups attached to an aromatic ring is 1. The van der Waals surface area contributed by atoms with E-state index in [0.29, 0.717) is 23.8 Å². The highest BCUT2D eigenvalue weighted by Crippen LogP contribution is 2.23. The number of carbonyl (C=O) groups is 1. The minimum absolute atomic E-state index is 0.0916. The molecule has 0 saturated carbocycles. The zero-order chi connectivity index (χ0) is 15.2. The summed E-state index contributed by atoms with van der Waals surface area (Å²) in [6.45, 7) is 5.04. The predicted octanol–water partition coefficient (Wildman–Crippen LogP) is 2.69. The summed E-state index contributed by atoms with van der Waals surface area (Å²) in [5.74, 6) is 6.59. The van der Waals surface area contributed by atoms with Gasteiger partial charge < -0.3 is 10.7 Å². The minimum atomic E-state index is -0.0916. The first kappa shape index (κ1) is 15.3. The van der Waals surface area contributed by atoms with E-state index in [2.05, 4.69) is 29.6 Å². The van der Waals surface area contributed by atoms with Crippen LogP contribution in [-0.2, 0) is 0 Å². The van der Waals surface area contributed by atoms with Crippen LogP contribution in [0.3, 0.4) is 0 Å². The van der Waals surface area contributed by atoms with E-state index in [1.165, 1.54) is 0 Å². The van der Waals surface area contributed by atoms with Crippen LogP contribution in [0.4, 0.5) is 5.82 Å². The van der Waals surface area contributed by atoms with Crippen molar-refractivity contribution in [1.29, 1.82) is 0 Å². The molecule has 2 aromatic rings. The molecule has 1 amide bonds. The fourth-order valence-electron chi connectivity index (χ4n) is 2.30. The van der Waals surface area contributed by atoms with E-state index in [4.69, 9.17) is 5.84 Å². The van der Waals surface area contributed by atoms with Crippen LogP contribution in [0.2, 0.25) is 0 Å². The van der Waals surface area contributed by atoms with Gasteiger partial charge in [0.05, 0.1) is 5.56 Å². The molecule has 5 heteroatoms.